The molecule has 0 bridgehead atoms. The van der Waals surface area contributed by atoms with Crippen molar-refractivity contribution in [2.24, 2.45) is 10.9 Å². The van der Waals surface area contributed by atoms with Gasteiger partial charge in [0.25, 0.3) is 0 Å². The second-order valence-electron chi connectivity index (χ2n) is 3.65. The van der Waals surface area contributed by atoms with Crippen LogP contribution in [0.2, 0.25) is 0 Å². The second-order valence-corrected chi connectivity index (χ2v) is 4.96. The molecule has 5 nitrogen and oxygen atoms in total. The van der Waals surface area contributed by atoms with Crippen LogP contribution in [0, 0.1) is 0 Å². The number of nitrogens with zero attached hydrogens (tertiary/aromatic N) is 2. The number of oxime groups is 1. The van der Waals surface area contributed by atoms with Crippen LogP contribution in [0.15, 0.2) is 5.16 Å². The van der Waals surface area contributed by atoms with Crippen molar-refractivity contribution in [1.82, 2.24) is 4.90 Å². The molecule has 0 saturated carbocycles. The molecule has 1 saturated heterocycles. The predicted molar refractivity (Wildman–Crippen MR) is 61.1 cm³/mol. The molecule has 1 aliphatic heterocycles. The van der Waals surface area contributed by atoms with Gasteiger partial charge in [-0.25, -0.2) is 0 Å². The molecule has 1 fully saturated rings. The molecule has 6 heteroatoms. The molecule has 1 aliphatic rings. The fourth-order valence-electron chi connectivity index (χ4n) is 1.47. The molecule has 0 aromatic carbocycles. The number of likely N-dealkylation sites (N-methyl/N-ethyl adjacent to an activating group) is 1. The van der Waals surface area contributed by atoms with Crippen LogP contribution in [0.3, 0.4) is 0 Å². The Balaban J connectivity index is 2.58. The van der Waals surface area contributed by atoms with Crippen LogP contribution in [0.4, 0.5) is 0 Å². The minimum absolute atomic E-state index is 0.0453. The smallest absolute Gasteiger partial charge is 0.236 e. The SMILES string of the molecule is CC(C(N)=NO)N(C)C(=O)C1CCCS1. The highest BCUT2D eigenvalue weighted by Gasteiger charge is 2.29. The fraction of sp³-hybridized carbons (Fsp3) is 0.778. The third-order valence-electron chi connectivity index (χ3n) is 2.68. The van der Waals surface area contributed by atoms with Crippen LogP contribution in [0.1, 0.15) is 19.8 Å². The first kappa shape index (κ1) is 12.2. The molecule has 1 amide bonds. The summed E-state index contributed by atoms with van der Waals surface area (Å²) in [5.74, 6) is 1.17. The highest BCUT2D eigenvalue weighted by molar-refractivity contribution is 8.00. The number of amidine groups is 1. The zero-order valence-electron chi connectivity index (χ0n) is 9.01. The summed E-state index contributed by atoms with van der Waals surface area (Å²) in [6.07, 6.45) is 2.02. The number of hydrogen-bond donors (Lipinski definition) is 2. The lowest BCUT2D eigenvalue weighted by molar-refractivity contribution is -0.130. The molecule has 2 unspecified atom stereocenters. The normalized spacial score (nSPS) is 23.9. The lowest BCUT2D eigenvalue weighted by atomic mass is 10.2. The summed E-state index contributed by atoms with van der Waals surface area (Å²) in [5.41, 5.74) is 5.45. The van der Waals surface area contributed by atoms with E-state index < -0.39 is 0 Å². The van der Waals surface area contributed by atoms with E-state index in [1.54, 1.807) is 25.7 Å². The maximum Gasteiger partial charge on any atom is 0.236 e. The molecule has 0 aliphatic carbocycles. The number of nitrogens with two attached hydrogens (primary N) is 1. The van der Waals surface area contributed by atoms with Gasteiger partial charge in [-0.05, 0) is 25.5 Å². The van der Waals surface area contributed by atoms with Crippen molar-refractivity contribution in [1.29, 1.82) is 0 Å². The molecule has 1 heterocycles. The number of amides is 1. The van der Waals surface area contributed by atoms with Gasteiger partial charge in [0.1, 0.15) is 0 Å². The van der Waals surface area contributed by atoms with E-state index in [1.807, 2.05) is 0 Å². The summed E-state index contributed by atoms with van der Waals surface area (Å²) in [6.45, 7) is 1.74. The summed E-state index contributed by atoms with van der Waals surface area (Å²) < 4.78 is 0. The Morgan fingerprint density at radius 1 is 1.73 bits per heavy atom. The summed E-state index contributed by atoms with van der Waals surface area (Å²) in [4.78, 5) is 13.5. The Bertz CT molecular complexity index is 264. The first-order valence-corrected chi connectivity index (χ1v) is 5.98. The Morgan fingerprint density at radius 3 is 2.87 bits per heavy atom. The number of carbonyl (C=O) groups excluding carboxylic acids is 1. The molecule has 15 heavy (non-hydrogen) atoms. The topological polar surface area (TPSA) is 78.9 Å². The average molecular weight is 231 g/mol. The van der Waals surface area contributed by atoms with Gasteiger partial charge in [0, 0.05) is 7.05 Å². The highest BCUT2D eigenvalue weighted by Crippen LogP contribution is 2.27. The lowest BCUT2D eigenvalue weighted by Gasteiger charge is -2.26. The van der Waals surface area contributed by atoms with Crippen molar-refractivity contribution in [3.8, 4) is 0 Å². The van der Waals surface area contributed by atoms with E-state index in [9.17, 15) is 4.79 Å². The number of carbonyl (C=O) groups is 1. The summed E-state index contributed by atoms with van der Waals surface area (Å²) in [6, 6.07) is -0.358. The van der Waals surface area contributed by atoms with Crippen molar-refractivity contribution in [2.75, 3.05) is 12.8 Å². The molecular formula is C9H17N3O2S. The molecule has 1 rings (SSSR count). The van der Waals surface area contributed by atoms with Crippen molar-refractivity contribution < 1.29 is 10.0 Å². The zero-order valence-corrected chi connectivity index (χ0v) is 9.83. The maximum atomic E-state index is 11.9. The fourth-order valence-corrected chi connectivity index (χ4v) is 2.73. The lowest BCUT2D eigenvalue weighted by Crippen LogP contribution is -2.46. The molecular weight excluding hydrogens is 214 g/mol. The van der Waals surface area contributed by atoms with Crippen LogP contribution in [-0.4, -0.2) is 45.9 Å². The van der Waals surface area contributed by atoms with E-state index in [4.69, 9.17) is 10.9 Å². The van der Waals surface area contributed by atoms with Gasteiger partial charge in [-0.1, -0.05) is 5.16 Å². The van der Waals surface area contributed by atoms with E-state index in [0.29, 0.717) is 0 Å². The Kier molecular flexibility index (Phi) is 4.26. The molecule has 3 N–H and O–H groups in total. The van der Waals surface area contributed by atoms with Crippen LogP contribution >= 0.6 is 11.8 Å². The molecule has 86 valence electrons. The molecule has 0 radical (unpaired) electrons. The molecule has 0 aromatic heterocycles. The van der Waals surface area contributed by atoms with Gasteiger partial charge < -0.3 is 15.8 Å². The quantitative estimate of drug-likeness (QED) is 0.320. The number of thioether (sulfide) groups is 1. The number of rotatable bonds is 3. The van der Waals surface area contributed by atoms with Gasteiger partial charge in [0.15, 0.2) is 5.84 Å². The molecule has 0 spiro atoms. The minimum atomic E-state index is -0.358. The average Bonchev–Trinajstić information content (AvgIpc) is 2.78. The van der Waals surface area contributed by atoms with Crippen molar-refractivity contribution >= 4 is 23.5 Å². The molecule has 0 aromatic rings. The van der Waals surface area contributed by atoms with E-state index in [2.05, 4.69) is 5.16 Å². The van der Waals surface area contributed by atoms with Gasteiger partial charge in [0.05, 0.1) is 11.3 Å². The first-order valence-electron chi connectivity index (χ1n) is 4.93. The Labute approximate surface area is 93.7 Å². The van der Waals surface area contributed by atoms with Crippen molar-refractivity contribution in [2.45, 2.75) is 31.1 Å². The predicted octanol–water partition coefficient (Wildman–Crippen LogP) is 0.475. The van der Waals surface area contributed by atoms with Gasteiger partial charge in [-0.3, -0.25) is 4.79 Å². The Hall–Kier alpha value is -0.910. The van der Waals surface area contributed by atoms with Gasteiger partial charge in [-0.15, -0.1) is 11.8 Å². The third kappa shape index (κ3) is 2.77. The first-order chi connectivity index (χ1) is 7.07. The summed E-state index contributed by atoms with van der Waals surface area (Å²) >= 11 is 1.68. The van der Waals surface area contributed by atoms with Gasteiger partial charge >= 0.3 is 0 Å². The maximum absolute atomic E-state index is 11.9. The number of hydrogen-bond acceptors (Lipinski definition) is 4. The summed E-state index contributed by atoms with van der Waals surface area (Å²) in [5, 5.41) is 11.5. The van der Waals surface area contributed by atoms with Crippen LogP contribution in [0.5, 0.6) is 0 Å². The Morgan fingerprint density at radius 2 is 2.40 bits per heavy atom. The minimum Gasteiger partial charge on any atom is -0.409 e. The molecule has 2 atom stereocenters. The van der Waals surface area contributed by atoms with Crippen molar-refractivity contribution in [3.63, 3.8) is 0 Å². The summed E-state index contributed by atoms with van der Waals surface area (Å²) in [7, 11) is 1.68. The van der Waals surface area contributed by atoms with E-state index in [1.165, 1.54) is 4.90 Å². The largest absolute Gasteiger partial charge is 0.409 e. The van der Waals surface area contributed by atoms with Crippen LogP contribution in [-0.2, 0) is 4.79 Å². The van der Waals surface area contributed by atoms with Crippen LogP contribution < -0.4 is 5.73 Å². The van der Waals surface area contributed by atoms with E-state index in [-0.39, 0.29) is 23.0 Å². The second kappa shape index (κ2) is 5.25. The van der Waals surface area contributed by atoms with Gasteiger partial charge in [-0.2, -0.15) is 0 Å². The zero-order chi connectivity index (χ0) is 11.4. The van der Waals surface area contributed by atoms with E-state index >= 15 is 0 Å². The van der Waals surface area contributed by atoms with Crippen molar-refractivity contribution in [3.05, 3.63) is 0 Å². The van der Waals surface area contributed by atoms with Gasteiger partial charge in [0.2, 0.25) is 5.91 Å². The monoisotopic (exact) mass is 231 g/mol. The highest BCUT2D eigenvalue weighted by atomic mass is 32.2. The third-order valence-corrected chi connectivity index (χ3v) is 4.04. The van der Waals surface area contributed by atoms with Crippen LogP contribution in [0.25, 0.3) is 0 Å². The van der Waals surface area contributed by atoms with E-state index in [0.717, 1.165) is 18.6 Å². The standard InChI is InChI=1S/C9H17N3O2S/c1-6(8(10)11-14)12(2)9(13)7-4-3-5-15-7/h6-7,14H,3-5H2,1-2H3,(H2,10,11).